The Morgan fingerprint density at radius 3 is 2.54 bits per heavy atom. The van der Waals surface area contributed by atoms with E-state index in [1.807, 2.05) is 44.2 Å². The molecular formula is C18H22BrNO3S. The fourth-order valence-electron chi connectivity index (χ4n) is 2.38. The molecule has 2 aromatic carbocycles. The van der Waals surface area contributed by atoms with Gasteiger partial charge in [-0.25, -0.2) is 13.1 Å². The van der Waals surface area contributed by atoms with E-state index >= 15 is 0 Å². The van der Waals surface area contributed by atoms with E-state index in [0.29, 0.717) is 16.8 Å². The predicted octanol–water partition coefficient (Wildman–Crippen LogP) is 4.15. The number of halogens is 1. The van der Waals surface area contributed by atoms with E-state index in [0.717, 1.165) is 12.8 Å². The molecule has 1 N–H and O–H groups in total. The summed E-state index contributed by atoms with van der Waals surface area (Å²) in [7, 11) is -3.64. The molecule has 130 valence electrons. The minimum atomic E-state index is -3.64. The van der Waals surface area contributed by atoms with Gasteiger partial charge in [-0.15, -0.1) is 0 Å². The van der Waals surface area contributed by atoms with Crippen molar-refractivity contribution in [3.63, 3.8) is 0 Å². The lowest BCUT2D eigenvalue weighted by atomic mass is 10.1. The van der Waals surface area contributed by atoms with Crippen LogP contribution in [0, 0.1) is 0 Å². The van der Waals surface area contributed by atoms with Crippen molar-refractivity contribution in [2.24, 2.45) is 0 Å². The van der Waals surface area contributed by atoms with Crippen LogP contribution in [0.1, 0.15) is 25.8 Å². The number of ether oxygens (including phenoxy) is 1. The second-order valence-corrected chi connectivity index (χ2v) is 8.17. The Bertz CT molecular complexity index is 763. The molecule has 0 fully saturated rings. The third kappa shape index (κ3) is 5.33. The van der Waals surface area contributed by atoms with Crippen LogP contribution in [0.2, 0.25) is 0 Å². The molecule has 0 amide bonds. The van der Waals surface area contributed by atoms with E-state index in [9.17, 15) is 8.42 Å². The van der Waals surface area contributed by atoms with Crippen LogP contribution in [0.5, 0.6) is 5.75 Å². The lowest BCUT2D eigenvalue weighted by Crippen LogP contribution is -2.33. The van der Waals surface area contributed by atoms with Gasteiger partial charge >= 0.3 is 0 Å². The topological polar surface area (TPSA) is 55.4 Å². The number of rotatable bonds is 8. The fourth-order valence-corrected chi connectivity index (χ4v) is 4.34. The Morgan fingerprint density at radius 2 is 1.88 bits per heavy atom. The van der Waals surface area contributed by atoms with Crippen LogP contribution in [0.25, 0.3) is 0 Å². The molecule has 4 nitrogen and oxygen atoms in total. The van der Waals surface area contributed by atoms with Gasteiger partial charge in [-0.05, 0) is 50.5 Å². The lowest BCUT2D eigenvalue weighted by Gasteiger charge is -2.16. The highest BCUT2D eigenvalue weighted by Crippen LogP contribution is 2.27. The van der Waals surface area contributed by atoms with Gasteiger partial charge in [0.05, 0.1) is 6.61 Å². The molecule has 0 aromatic heterocycles. The summed E-state index contributed by atoms with van der Waals surface area (Å²) in [6.07, 6.45) is 1.54. The smallest absolute Gasteiger partial charge is 0.244 e. The molecule has 1 unspecified atom stereocenters. The zero-order valence-electron chi connectivity index (χ0n) is 13.8. The van der Waals surface area contributed by atoms with Crippen LogP contribution in [0.15, 0.2) is 57.9 Å². The first-order chi connectivity index (χ1) is 11.4. The molecule has 2 rings (SSSR count). The predicted molar refractivity (Wildman–Crippen MR) is 99.9 cm³/mol. The SMILES string of the molecule is CCOc1ccc(Br)cc1S(=O)(=O)NC(C)CCc1ccccc1. The molecule has 2 aromatic rings. The molecule has 0 aliphatic heterocycles. The van der Waals surface area contributed by atoms with Crippen LogP contribution in [0.3, 0.4) is 0 Å². The largest absolute Gasteiger partial charge is 0.492 e. The summed E-state index contributed by atoms with van der Waals surface area (Å²) >= 11 is 3.32. The van der Waals surface area contributed by atoms with Crippen molar-refractivity contribution in [3.05, 3.63) is 58.6 Å². The number of nitrogens with one attached hydrogen (secondary N) is 1. The van der Waals surface area contributed by atoms with Crippen LogP contribution >= 0.6 is 15.9 Å². The van der Waals surface area contributed by atoms with Crippen molar-refractivity contribution in [1.82, 2.24) is 4.72 Å². The first kappa shape index (κ1) is 19.0. The summed E-state index contributed by atoms with van der Waals surface area (Å²) in [5, 5.41) is 0. The van der Waals surface area contributed by atoms with Crippen LogP contribution in [0.4, 0.5) is 0 Å². The quantitative estimate of drug-likeness (QED) is 0.709. The molecular weight excluding hydrogens is 390 g/mol. The summed E-state index contributed by atoms with van der Waals surface area (Å²) < 4.78 is 34.3. The molecule has 0 aliphatic carbocycles. The minimum Gasteiger partial charge on any atom is -0.492 e. The average Bonchev–Trinajstić information content (AvgIpc) is 2.55. The van der Waals surface area contributed by atoms with Crippen LogP contribution in [-0.2, 0) is 16.4 Å². The second kappa shape index (κ2) is 8.65. The highest BCUT2D eigenvalue weighted by Gasteiger charge is 2.22. The van der Waals surface area contributed by atoms with Crippen molar-refractivity contribution in [1.29, 1.82) is 0 Å². The van der Waals surface area contributed by atoms with Crippen LogP contribution in [-0.4, -0.2) is 21.1 Å². The first-order valence-corrected chi connectivity index (χ1v) is 10.2. The van der Waals surface area contributed by atoms with Crippen molar-refractivity contribution in [2.75, 3.05) is 6.61 Å². The molecule has 6 heteroatoms. The Labute approximate surface area is 152 Å². The number of hydrogen-bond donors (Lipinski definition) is 1. The maximum atomic E-state index is 12.7. The van der Waals surface area contributed by atoms with E-state index < -0.39 is 10.0 Å². The zero-order chi connectivity index (χ0) is 17.6. The van der Waals surface area contributed by atoms with Gasteiger partial charge in [-0.1, -0.05) is 46.3 Å². The number of aryl methyl sites for hydroxylation is 1. The van der Waals surface area contributed by atoms with Crippen molar-refractivity contribution in [2.45, 2.75) is 37.6 Å². The van der Waals surface area contributed by atoms with Gasteiger partial charge in [0.1, 0.15) is 10.6 Å². The van der Waals surface area contributed by atoms with Crippen LogP contribution < -0.4 is 9.46 Å². The zero-order valence-corrected chi connectivity index (χ0v) is 16.2. The van der Waals surface area contributed by atoms with Gasteiger partial charge in [-0.2, -0.15) is 0 Å². The molecule has 1 atom stereocenters. The summed E-state index contributed by atoms with van der Waals surface area (Å²) in [5.41, 5.74) is 1.20. The van der Waals surface area contributed by atoms with E-state index in [2.05, 4.69) is 20.7 Å². The molecule has 24 heavy (non-hydrogen) atoms. The molecule has 0 spiro atoms. The Kier molecular flexibility index (Phi) is 6.83. The van der Waals surface area contributed by atoms with Gasteiger partial charge in [0.25, 0.3) is 0 Å². The fraction of sp³-hybridized carbons (Fsp3) is 0.333. The summed E-state index contributed by atoms with van der Waals surface area (Å²) in [6, 6.07) is 14.9. The summed E-state index contributed by atoms with van der Waals surface area (Å²) in [5.74, 6) is 0.364. The van der Waals surface area contributed by atoms with E-state index in [4.69, 9.17) is 4.74 Å². The van der Waals surface area contributed by atoms with Gasteiger partial charge in [0.2, 0.25) is 10.0 Å². The van der Waals surface area contributed by atoms with E-state index in [-0.39, 0.29) is 10.9 Å². The molecule has 0 aliphatic rings. The molecule has 0 heterocycles. The lowest BCUT2D eigenvalue weighted by molar-refractivity contribution is 0.330. The third-order valence-corrected chi connectivity index (χ3v) is 5.66. The highest BCUT2D eigenvalue weighted by molar-refractivity contribution is 9.10. The number of hydrogen-bond acceptors (Lipinski definition) is 3. The van der Waals surface area contributed by atoms with E-state index in [1.54, 1.807) is 18.2 Å². The van der Waals surface area contributed by atoms with Gasteiger partial charge < -0.3 is 4.74 Å². The third-order valence-electron chi connectivity index (χ3n) is 3.56. The Balaban J connectivity index is 2.09. The van der Waals surface area contributed by atoms with Crippen molar-refractivity contribution in [3.8, 4) is 5.75 Å². The first-order valence-electron chi connectivity index (χ1n) is 7.91. The average molecular weight is 412 g/mol. The standard InChI is InChI=1S/C18H22BrNO3S/c1-3-23-17-12-11-16(19)13-18(17)24(21,22)20-14(2)9-10-15-7-5-4-6-8-15/h4-8,11-14,20H,3,9-10H2,1-2H3. The Hall–Kier alpha value is -1.37. The maximum Gasteiger partial charge on any atom is 0.244 e. The Morgan fingerprint density at radius 1 is 1.17 bits per heavy atom. The molecule has 0 bridgehead atoms. The van der Waals surface area contributed by atoms with E-state index in [1.165, 1.54) is 5.56 Å². The summed E-state index contributed by atoms with van der Waals surface area (Å²) in [6.45, 7) is 4.11. The molecule has 0 saturated carbocycles. The second-order valence-electron chi connectivity index (χ2n) is 5.57. The molecule has 0 saturated heterocycles. The number of sulfonamides is 1. The maximum absolute atomic E-state index is 12.7. The number of benzene rings is 2. The van der Waals surface area contributed by atoms with Gasteiger partial charge in [0, 0.05) is 10.5 Å². The normalized spacial score (nSPS) is 12.8. The highest BCUT2D eigenvalue weighted by atomic mass is 79.9. The summed E-state index contributed by atoms with van der Waals surface area (Å²) in [4.78, 5) is 0.158. The van der Waals surface area contributed by atoms with Crippen molar-refractivity contribution < 1.29 is 13.2 Å². The monoisotopic (exact) mass is 411 g/mol. The molecule has 0 radical (unpaired) electrons. The van der Waals surface area contributed by atoms with Crippen molar-refractivity contribution >= 4 is 26.0 Å². The van der Waals surface area contributed by atoms with Gasteiger partial charge in [0.15, 0.2) is 0 Å². The van der Waals surface area contributed by atoms with Gasteiger partial charge in [-0.3, -0.25) is 0 Å². The minimum absolute atomic E-state index is 0.158.